The highest BCUT2D eigenvalue weighted by molar-refractivity contribution is 8.00. The van der Waals surface area contributed by atoms with Gasteiger partial charge in [-0.3, -0.25) is 9.59 Å². The number of carbonyl (C=O) groups excluding carboxylic acids is 2. The fraction of sp³-hybridized carbons (Fsp3) is 0.364. The quantitative estimate of drug-likeness (QED) is 0.568. The molecule has 0 heterocycles. The van der Waals surface area contributed by atoms with E-state index in [2.05, 4.69) is 5.32 Å². The van der Waals surface area contributed by atoms with E-state index < -0.39 is 6.04 Å². The van der Waals surface area contributed by atoms with Gasteiger partial charge in [0.15, 0.2) is 0 Å². The predicted octanol–water partition coefficient (Wildman–Crippen LogP) is 4.90. The molecular formula is C22H26ClFN2O2S. The Morgan fingerprint density at radius 1 is 1.10 bits per heavy atom. The first-order chi connectivity index (χ1) is 13.8. The second-order valence-electron chi connectivity index (χ2n) is 6.88. The molecule has 0 fully saturated rings. The highest BCUT2D eigenvalue weighted by atomic mass is 35.5. The zero-order valence-electron chi connectivity index (χ0n) is 16.8. The second kappa shape index (κ2) is 11.2. The Morgan fingerprint density at radius 2 is 1.72 bits per heavy atom. The highest BCUT2D eigenvalue weighted by Crippen LogP contribution is 2.22. The van der Waals surface area contributed by atoms with Gasteiger partial charge in [-0.05, 0) is 62.2 Å². The van der Waals surface area contributed by atoms with E-state index in [4.69, 9.17) is 11.6 Å². The number of thioether (sulfide) groups is 1. The topological polar surface area (TPSA) is 49.4 Å². The Morgan fingerprint density at radius 3 is 2.31 bits per heavy atom. The zero-order chi connectivity index (χ0) is 21.4. The lowest BCUT2D eigenvalue weighted by Gasteiger charge is -2.29. The first kappa shape index (κ1) is 23.2. The van der Waals surface area contributed by atoms with Crippen LogP contribution in [0.1, 0.15) is 32.8 Å². The Labute approximate surface area is 180 Å². The molecule has 2 aromatic rings. The average Bonchev–Trinajstić information content (AvgIpc) is 2.72. The summed E-state index contributed by atoms with van der Waals surface area (Å²) in [6.07, 6.45) is 0.802. The van der Waals surface area contributed by atoms with Gasteiger partial charge in [0.2, 0.25) is 11.8 Å². The molecule has 0 aliphatic heterocycles. The van der Waals surface area contributed by atoms with E-state index in [-0.39, 0.29) is 36.0 Å². The lowest BCUT2D eigenvalue weighted by molar-refractivity contribution is -0.138. The molecule has 29 heavy (non-hydrogen) atoms. The van der Waals surface area contributed by atoms with Crippen LogP contribution in [0.15, 0.2) is 53.4 Å². The molecule has 7 heteroatoms. The number of halogens is 2. The first-order valence-electron chi connectivity index (χ1n) is 9.52. The van der Waals surface area contributed by atoms with Gasteiger partial charge in [0.25, 0.3) is 0 Å². The number of hydrogen-bond donors (Lipinski definition) is 1. The lowest BCUT2D eigenvalue weighted by atomic mass is 10.1. The van der Waals surface area contributed by atoms with Crippen LogP contribution in [0.25, 0.3) is 0 Å². The summed E-state index contributed by atoms with van der Waals surface area (Å²) >= 11 is 7.28. The molecule has 0 bridgehead atoms. The third-order valence-electron chi connectivity index (χ3n) is 4.61. The molecule has 0 aliphatic carbocycles. The van der Waals surface area contributed by atoms with Crippen molar-refractivity contribution in [1.29, 1.82) is 0 Å². The maximum absolute atomic E-state index is 13.2. The van der Waals surface area contributed by atoms with Crippen molar-refractivity contribution < 1.29 is 14.0 Å². The minimum absolute atomic E-state index is 0.0242. The summed E-state index contributed by atoms with van der Waals surface area (Å²) in [7, 11) is 0. The van der Waals surface area contributed by atoms with Crippen LogP contribution in [-0.2, 0) is 16.1 Å². The summed E-state index contributed by atoms with van der Waals surface area (Å²) in [5.74, 6) is -0.524. The third kappa shape index (κ3) is 7.37. The van der Waals surface area contributed by atoms with Crippen molar-refractivity contribution in [3.63, 3.8) is 0 Å². The zero-order valence-corrected chi connectivity index (χ0v) is 18.4. The Hall–Kier alpha value is -2.05. The summed E-state index contributed by atoms with van der Waals surface area (Å²) in [4.78, 5) is 28.1. The van der Waals surface area contributed by atoms with Crippen molar-refractivity contribution in [2.24, 2.45) is 0 Å². The summed E-state index contributed by atoms with van der Waals surface area (Å²) in [6.45, 7) is 5.86. The van der Waals surface area contributed by atoms with E-state index in [0.717, 1.165) is 16.9 Å². The van der Waals surface area contributed by atoms with Gasteiger partial charge in [0, 0.05) is 22.5 Å². The minimum Gasteiger partial charge on any atom is -0.352 e. The smallest absolute Gasteiger partial charge is 0.242 e. The van der Waals surface area contributed by atoms with Crippen LogP contribution in [0.4, 0.5) is 4.39 Å². The molecule has 0 radical (unpaired) electrons. The van der Waals surface area contributed by atoms with Gasteiger partial charge >= 0.3 is 0 Å². The van der Waals surface area contributed by atoms with Gasteiger partial charge in [-0.25, -0.2) is 4.39 Å². The van der Waals surface area contributed by atoms with Gasteiger partial charge < -0.3 is 10.2 Å². The fourth-order valence-electron chi connectivity index (χ4n) is 2.59. The largest absolute Gasteiger partial charge is 0.352 e. The molecule has 2 atom stereocenters. The van der Waals surface area contributed by atoms with E-state index in [1.54, 1.807) is 31.2 Å². The normalized spacial score (nSPS) is 12.9. The van der Waals surface area contributed by atoms with Crippen LogP contribution >= 0.6 is 23.4 Å². The van der Waals surface area contributed by atoms with Crippen molar-refractivity contribution in [2.45, 2.75) is 50.7 Å². The van der Waals surface area contributed by atoms with Gasteiger partial charge in [0.1, 0.15) is 11.9 Å². The van der Waals surface area contributed by atoms with Crippen LogP contribution in [0.3, 0.4) is 0 Å². The number of nitrogens with zero attached hydrogens (tertiary/aromatic N) is 1. The maximum atomic E-state index is 13.2. The van der Waals surface area contributed by atoms with Crippen molar-refractivity contribution >= 4 is 35.2 Å². The number of carbonyl (C=O) groups is 2. The van der Waals surface area contributed by atoms with Crippen LogP contribution in [0.2, 0.25) is 5.02 Å². The monoisotopic (exact) mass is 436 g/mol. The average molecular weight is 437 g/mol. The summed E-state index contributed by atoms with van der Waals surface area (Å²) < 4.78 is 13.2. The van der Waals surface area contributed by atoms with Gasteiger partial charge in [-0.2, -0.15) is 0 Å². The molecule has 4 nitrogen and oxygen atoms in total. The van der Waals surface area contributed by atoms with Crippen LogP contribution < -0.4 is 5.32 Å². The molecule has 2 unspecified atom stereocenters. The van der Waals surface area contributed by atoms with E-state index in [9.17, 15) is 14.0 Å². The Kier molecular flexibility index (Phi) is 8.99. The summed E-state index contributed by atoms with van der Waals surface area (Å²) in [5.41, 5.74) is 0.763. The Bertz CT molecular complexity index is 815. The van der Waals surface area contributed by atoms with Crippen molar-refractivity contribution in [2.75, 3.05) is 5.75 Å². The molecule has 2 aromatic carbocycles. The van der Waals surface area contributed by atoms with Crippen LogP contribution in [0.5, 0.6) is 0 Å². The molecule has 156 valence electrons. The van der Waals surface area contributed by atoms with Gasteiger partial charge in [-0.1, -0.05) is 30.7 Å². The van der Waals surface area contributed by atoms with E-state index >= 15 is 0 Å². The molecule has 1 N–H and O–H groups in total. The molecule has 2 rings (SSSR count). The molecule has 2 amide bonds. The van der Waals surface area contributed by atoms with E-state index in [1.807, 2.05) is 26.0 Å². The Balaban J connectivity index is 2.13. The lowest BCUT2D eigenvalue weighted by Crippen LogP contribution is -2.50. The number of benzene rings is 2. The second-order valence-corrected chi connectivity index (χ2v) is 8.37. The summed E-state index contributed by atoms with van der Waals surface area (Å²) in [5, 5.41) is 3.56. The summed E-state index contributed by atoms with van der Waals surface area (Å²) in [6, 6.07) is 12.6. The highest BCUT2D eigenvalue weighted by Gasteiger charge is 2.26. The molecule has 0 aliphatic rings. The first-order valence-corrected chi connectivity index (χ1v) is 10.9. The molecule has 0 saturated heterocycles. The predicted molar refractivity (Wildman–Crippen MR) is 116 cm³/mol. The van der Waals surface area contributed by atoms with E-state index in [0.29, 0.717) is 5.02 Å². The van der Waals surface area contributed by atoms with Crippen molar-refractivity contribution in [1.82, 2.24) is 10.2 Å². The third-order valence-corrected chi connectivity index (χ3v) is 5.86. The number of hydrogen-bond acceptors (Lipinski definition) is 3. The number of nitrogens with one attached hydrogen (secondary N) is 1. The SMILES string of the molecule is CCC(C)NC(=O)C(C)N(Cc1ccc(F)cc1)C(=O)CSc1ccc(Cl)cc1. The molecule has 0 saturated carbocycles. The van der Waals surface area contributed by atoms with Gasteiger partial charge in [-0.15, -0.1) is 11.8 Å². The van der Waals surface area contributed by atoms with Crippen molar-refractivity contribution in [3.05, 3.63) is 64.9 Å². The molecule has 0 aromatic heterocycles. The standard InChI is InChI=1S/C22H26ClFN2O2S/c1-4-15(2)25-22(28)16(3)26(13-17-5-9-19(24)10-6-17)21(27)14-29-20-11-7-18(23)8-12-20/h5-12,15-16H,4,13-14H2,1-3H3,(H,25,28). The van der Waals surface area contributed by atoms with E-state index in [1.165, 1.54) is 28.8 Å². The fourth-order valence-corrected chi connectivity index (χ4v) is 3.50. The van der Waals surface area contributed by atoms with Crippen LogP contribution in [-0.4, -0.2) is 34.6 Å². The number of rotatable bonds is 9. The van der Waals surface area contributed by atoms with Gasteiger partial charge in [0.05, 0.1) is 5.75 Å². The maximum Gasteiger partial charge on any atom is 0.242 e. The van der Waals surface area contributed by atoms with Crippen LogP contribution in [0, 0.1) is 5.82 Å². The minimum atomic E-state index is -0.646. The van der Waals surface area contributed by atoms with Crippen molar-refractivity contribution in [3.8, 4) is 0 Å². The number of amides is 2. The molecule has 0 spiro atoms. The molecular weight excluding hydrogens is 411 g/mol.